The van der Waals surface area contributed by atoms with Gasteiger partial charge in [-0.15, -0.1) is 0 Å². The van der Waals surface area contributed by atoms with Crippen LogP contribution in [-0.4, -0.2) is 45.7 Å². The van der Waals surface area contributed by atoms with Gasteiger partial charge in [0.1, 0.15) is 11.9 Å². The number of likely N-dealkylation sites (N-methyl/N-ethyl adjacent to an activating group) is 1. The fourth-order valence-electron chi connectivity index (χ4n) is 3.30. The van der Waals surface area contributed by atoms with Crippen LogP contribution in [0, 0.1) is 6.92 Å². The molecular weight excluding hydrogens is 300 g/mol. The molecule has 1 saturated heterocycles. The fraction of sp³-hybridized carbons (Fsp3) is 0.368. The van der Waals surface area contributed by atoms with Gasteiger partial charge in [0.2, 0.25) is 0 Å². The van der Waals surface area contributed by atoms with Gasteiger partial charge in [-0.1, -0.05) is 11.6 Å². The van der Waals surface area contributed by atoms with Crippen LogP contribution in [0.25, 0.3) is 16.9 Å². The Morgan fingerprint density at radius 1 is 1.25 bits per heavy atom. The van der Waals surface area contributed by atoms with E-state index in [0.29, 0.717) is 0 Å². The van der Waals surface area contributed by atoms with Gasteiger partial charge in [-0.3, -0.25) is 0 Å². The number of aromatic nitrogens is 3. The molecule has 1 atom stereocenters. The third kappa shape index (κ3) is 2.99. The lowest BCUT2D eigenvalue weighted by atomic mass is 10.1. The zero-order valence-electron chi connectivity index (χ0n) is 14.1. The maximum Gasteiger partial charge on any atom is 0.154 e. The van der Waals surface area contributed by atoms with Crippen molar-refractivity contribution >= 4 is 5.65 Å². The predicted octanol–water partition coefficient (Wildman–Crippen LogP) is 3.18. The molecule has 0 spiro atoms. The minimum atomic E-state index is 0.236. The zero-order chi connectivity index (χ0) is 16.5. The molecule has 0 bridgehead atoms. The quantitative estimate of drug-likeness (QED) is 0.743. The van der Waals surface area contributed by atoms with Crippen molar-refractivity contribution < 1.29 is 4.74 Å². The first-order valence-electron chi connectivity index (χ1n) is 8.46. The largest absolute Gasteiger partial charge is 0.488 e. The molecule has 0 radical (unpaired) electrons. The lowest BCUT2D eigenvalue weighted by Gasteiger charge is -2.30. The Hall–Kier alpha value is -2.40. The highest BCUT2D eigenvalue weighted by molar-refractivity contribution is 5.69. The van der Waals surface area contributed by atoms with Gasteiger partial charge in [0, 0.05) is 18.3 Å². The van der Waals surface area contributed by atoms with Crippen LogP contribution in [0.1, 0.15) is 18.4 Å². The molecule has 1 fully saturated rings. The maximum atomic E-state index is 6.35. The van der Waals surface area contributed by atoms with E-state index < -0.39 is 0 Å². The monoisotopic (exact) mass is 322 g/mol. The lowest BCUT2D eigenvalue weighted by Crippen LogP contribution is -2.38. The van der Waals surface area contributed by atoms with Crippen LogP contribution in [0.15, 0.2) is 42.7 Å². The first-order chi connectivity index (χ1) is 11.7. The Bertz CT molecular complexity index is 824. The molecule has 0 aliphatic carbocycles. The summed E-state index contributed by atoms with van der Waals surface area (Å²) >= 11 is 0. The van der Waals surface area contributed by atoms with Crippen molar-refractivity contribution in [1.82, 2.24) is 19.5 Å². The average molecular weight is 322 g/mol. The molecule has 24 heavy (non-hydrogen) atoms. The van der Waals surface area contributed by atoms with E-state index in [4.69, 9.17) is 9.72 Å². The van der Waals surface area contributed by atoms with Gasteiger partial charge in [-0.2, -0.15) is 5.10 Å². The van der Waals surface area contributed by atoms with Gasteiger partial charge in [-0.25, -0.2) is 9.50 Å². The van der Waals surface area contributed by atoms with E-state index in [1.807, 2.05) is 18.3 Å². The molecule has 3 heterocycles. The van der Waals surface area contributed by atoms with E-state index in [9.17, 15) is 0 Å². The van der Waals surface area contributed by atoms with Crippen molar-refractivity contribution in [2.45, 2.75) is 25.9 Å². The summed E-state index contributed by atoms with van der Waals surface area (Å²) in [5.41, 5.74) is 3.98. The summed E-state index contributed by atoms with van der Waals surface area (Å²) in [6, 6.07) is 10.2. The van der Waals surface area contributed by atoms with E-state index in [0.717, 1.165) is 42.2 Å². The van der Waals surface area contributed by atoms with E-state index in [2.05, 4.69) is 42.2 Å². The highest BCUT2D eigenvalue weighted by Crippen LogP contribution is 2.32. The van der Waals surface area contributed by atoms with E-state index >= 15 is 0 Å². The van der Waals surface area contributed by atoms with Crippen molar-refractivity contribution in [2.75, 3.05) is 20.1 Å². The number of nitrogens with zero attached hydrogens (tertiary/aromatic N) is 4. The summed E-state index contributed by atoms with van der Waals surface area (Å²) in [6.45, 7) is 4.22. The number of piperidine rings is 1. The second kappa shape index (κ2) is 6.24. The summed E-state index contributed by atoms with van der Waals surface area (Å²) in [5.74, 6) is 0.907. The molecule has 0 saturated carbocycles. The number of aryl methyl sites for hydroxylation is 1. The highest BCUT2D eigenvalue weighted by atomic mass is 16.5. The molecule has 3 aromatic rings. The Morgan fingerprint density at radius 2 is 2.17 bits per heavy atom. The third-order valence-corrected chi connectivity index (χ3v) is 4.52. The number of benzene rings is 1. The topological polar surface area (TPSA) is 42.7 Å². The van der Waals surface area contributed by atoms with Gasteiger partial charge < -0.3 is 9.64 Å². The van der Waals surface area contributed by atoms with Crippen LogP contribution >= 0.6 is 0 Å². The van der Waals surface area contributed by atoms with Crippen LogP contribution in [0.4, 0.5) is 0 Å². The van der Waals surface area contributed by atoms with Crippen molar-refractivity contribution in [1.29, 1.82) is 0 Å². The van der Waals surface area contributed by atoms with Crippen LogP contribution in [-0.2, 0) is 0 Å². The first-order valence-corrected chi connectivity index (χ1v) is 8.46. The molecule has 1 aliphatic heterocycles. The highest BCUT2D eigenvalue weighted by Gasteiger charge is 2.20. The number of ether oxygens (including phenoxy) is 1. The zero-order valence-corrected chi connectivity index (χ0v) is 14.1. The van der Waals surface area contributed by atoms with Gasteiger partial charge >= 0.3 is 0 Å². The van der Waals surface area contributed by atoms with Crippen molar-refractivity contribution in [3.63, 3.8) is 0 Å². The maximum absolute atomic E-state index is 6.35. The number of fused-ring (bicyclic) bond motifs is 1. The van der Waals surface area contributed by atoms with Crippen LogP contribution in [0.5, 0.6) is 5.75 Å². The van der Waals surface area contributed by atoms with Crippen molar-refractivity contribution in [3.8, 4) is 17.0 Å². The lowest BCUT2D eigenvalue weighted by molar-refractivity contribution is 0.105. The van der Waals surface area contributed by atoms with E-state index in [-0.39, 0.29) is 6.10 Å². The second-order valence-corrected chi connectivity index (χ2v) is 6.60. The second-order valence-electron chi connectivity index (χ2n) is 6.60. The van der Waals surface area contributed by atoms with Crippen LogP contribution < -0.4 is 4.74 Å². The molecule has 0 amide bonds. The molecule has 0 N–H and O–H groups in total. The van der Waals surface area contributed by atoms with Gasteiger partial charge in [0.05, 0.1) is 11.9 Å². The molecule has 124 valence electrons. The fourth-order valence-corrected chi connectivity index (χ4v) is 3.30. The summed E-state index contributed by atoms with van der Waals surface area (Å²) in [6.07, 6.45) is 6.25. The van der Waals surface area contributed by atoms with Crippen molar-refractivity contribution in [2.24, 2.45) is 0 Å². The molecule has 5 heteroatoms. The van der Waals surface area contributed by atoms with Gasteiger partial charge in [-0.05, 0) is 57.6 Å². The first kappa shape index (κ1) is 15.1. The number of rotatable bonds is 3. The van der Waals surface area contributed by atoms with Crippen LogP contribution in [0.3, 0.4) is 0 Å². The summed E-state index contributed by atoms with van der Waals surface area (Å²) < 4.78 is 8.15. The number of imidazole rings is 1. The smallest absolute Gasteiger partial charge is 0.154 e. The van der Waals surface area contributed by atoms with Crippen LogP contribution in [0.2, 0.25) is 0 Å². The summed E-state index contributed by atoms with van der Waals surface area (Å²) in [5, 5.41) is 4.31. The number of hydrogen-bond acceptors (Lipinski definition) is 4. The normalized spacial score (nSPS) is 18.8. The summed E-state index contributed by atoms with van der Waals surface area (Å²) in [7, 11) is 2.15. The molecule has 1 aromatic carbocycles. The van der Waals surface area contributed by atoms with E-state index in [1.165, 1.54) is 12.0 Å². The third-order valence-electron chi connectivity index (χ3n) is 4.52. The summed E-state index contributed by atoms with van der Waals surface area (Å²) in [4.78, 5) is 7.03. The minimum Gasteiger partial charge on any atom is -0.488 e. The molecule has 2 aromatic heterocycles. The Balaban J connectivity index is 1.70. The number of hydrogen-bond donors (Lipinski definition) is 0. The minimum absolute atomic E-state index is 0.236. The molecule has 1 aliphatic rings. The average Bonchev–Trinajstić information content (AvgIpc) is 3.00. The molecule has 5 nitrogen and oxygen atoms in total. The van der Waals surface area contributed by atoms with Gasteiger partial charge in [0.15, 0.2) is 5.65 Å². The predicted molar refractivity (Wildman–Crippen MR) is 94.3 cm³/mol. The Labute approximate surface area is 141 Å². The Kier molecular flexibility index (Phi) is 3.94. The Morgan fingerprint density at radius 3 is 3.00 bits per heavy atom. The molecular formula is C19H22N4O. The van der Waals surface area contributed by atoms with Crippen molar-refractivity contribution in [3.05, 3.63) is 48.3 Å². The SMILES string of the molecule is Cc1ccc(OC2CCCN(C)C2)c(-c2cn3ncccc3n2)c1. The van der Waals surface area contributed by atoms with Gasteiger partial charge in [0.25, 0.3) is 0 Å². The number of likely N-dealkylation sites (tertiary alicyclic amines) is 1. The van der Waals surface area contributed by atoms with E-state index in [1.54, 1.807) is 10.7 Å². The standard InChI is InChI=1S/C19H22N4O/c1-14-7-8-18(24-15-5-4-10-22(2)12-15)16(11-14)17-13-23-19(21-17)6-3-9-20-23/h3,6-9,11,13,15H,4-5,10,12H2,1-2H3. The molecule has 1 unspecified atom stereocenters. The molecule has 4 rings (SSSR count).